The second kappa shape index (κ2) is 9.18. The summed E-state index contributed by atoms with van der Waals surface area (Å²) in [5.41, 5.74) is 1.05. The second-order valence-electron chi connectivity index (χ2n) is 5.33. The van der Waals surface area contributed by atoms with Crippen LogP contribution in [0.4, 0.5) is 0 Å². The summed E-state index contributed by atoms with van der Waals surface area (Å²) in [6.07, 6.45) is 2.48. The average molecular weight is 321 g/mol. The van der Waals surface area contributed by atoms with Crippen molar-refractivity contribution in [2.45, 2.75) is 53.0 Å². The summed E-state index contributed by atoms with van der Waals surface area (Å²) in [7, 11) is 0. The Hall–Kier alpha value is -2.04. The van der Waals surface area contributed by atoms with Crippen LogP contribution in [0.15, 0.2) is 18.2 Å². The average Bonchev–Trinajstić information content (AvgIpc) is 3.03. The van der Waals surface area contributed by atoms with E-state index in [1.807, 2.05) is 32.6 Å². The molecule has 1 N–H and O–H groups in total. The van der Waals surface area contributed by atoms with Crippen molar-refractivity contribution in [1.29, 1.82) is 0 Å². The Bertz CT molecular complexity index is 542. The monoisotopic (exact) mass is 321 g/mol. The van der Waals surface area contributed by atoms with Gasteiger partial charge in [0.15, 0.2) is 0 Å². The normalized spacial score (nSPS) is 16.5. The number of hydrogen-bond donors (Lipinski definition) is 1. The highest BCUT2D eigenvalue weighted by molar-refractivity contribution is 5.88. The fourth-order valence-corrected chi connectivity index (χ4v) is 2.67. The topological polar surface area (TPSA) is 66.8 Å². The van der Waals surface area contributed by atoms with E-state index < -0.39 is 5.97 Å². The number of amides is 1. The maximum absolute atomic E-state index is 11.8. The van der Waals surface area contributed by atoms with Gasteiger partial charge in [0.05, 0.1) is 11.6 Å². The Labute approximate surface area is 138 Å². The van der Waals surface area contributed by atoms with E-state index in [1.165, 1.54) is 6.07 Å². The summed E-state index contributed by atoms with van der Waals surface area (Å²) >= 11 is 0. The Balaban J connectivity index is 0.00000127. The summed E-state index contributed by atoms with van der Waals surface area (Å²) in [6, 6.07) is 4.94. The number of aromatic carboxylic acids is 1. The maximum atomic E-state index is 11.8. The number of likely N-dealkylation sites (tertiary alicyclic amines) is 1. The molecule has 1 aromatic rings. The predicted molar refractivity (Wildman–Crippen MR) is 90.0 cm³/mol. The molecule has 0 aromatic heterocycles. The molecule has 5 heteroatoms. The second-order valence-corrected chi connectivity index (χ2v) is 5.33. The van der Waals surface area contributed by atoms with E-state index in [4.69, 9.17) is 9.84 Å². The molecule has 5 nitrogen and oxygen atoms in total. The molecule has 1 aliphatic rings. The standard InChI is InChI=1S/C16H21NO4.C2H6/c1-3-15(18)17-8-4-5-13(17)10-21-14-7-6-12(16(19)20)9-11(14)2;1-2/h6-7,9,13H,3-5,8,10H2,1-2H3,(H,19,20);1-2H3. The highest BCUT2D eigenvalue weighted by atomic mass is 16.5. The first kappa shape index (κ1) is 19.0. The first-order chi connectivity index (χ1) is 11.0. The molecular formula is C18H27NO4. The molecule has 1 amide bonds. The molecule has 0 saturated carbocycles. The van der Waals surface area contributed by atoms with Crippen LogP contribution in [0.1, 0.15) is 56.0 Å². The lowest BCUT2D eigenvalue weighted by Crippen LogP contribution is -2.38. The molecule has 0 spiro atoms. The van der Waals surface area contributed by atoms with Gasteiger partial charge in [0.2, 0.25) is 5.91 Å². The Morgan fingerprint density at radius 2 is 2.04 bits per heavy atom. The highest BCUT2D eigenvalue weighted by Gasteiger charge is 2.28. The Morgan fingerprint density at radius 1 is 1.35 bits per heavy atom. The van der Waals surface area contributed by atoms with E-state index in [2.05, 4.69) is 0 Å². The molecule has 0 radical (unpaired) electrons. The lowest BCUT2D eigenvalue weighted by Gasteiger charge is -2.24. The zero-order chi connectivity index (χ0) is 17.4. The third kappa shape index (κ3) is 4.98. The fraction of sp³-hybridized carbons (Fsp3) is 0.556. The molecule has 1 aliphatic heterocycles. The summed E-state index contributed by atoms with van der Waals surface area (Å²) in [4.78, 5) is 24.6. The van der Waals surface area contributed by atoms with Gasteiger partial charge in [-0.25, -0.2) is 4.79 Å². The van der Waals surface area contributed by atoms with E-state index in [1.54, 1.807) is 12.1 Å². The summed E-state index contributed by atoms with van der Waals surface area (Å²) < 4.78 is 5.79. The van der Waals surface area contributed by atoms with E-state index in [-0.39, 0.29) is 17.5 Å². The van der Waals surface area contributed by atoms with Crippen LogP contribution in [0, 0.1) is 6.92 Å². The molecule has 1 saturated heterocycles. The van der Waals surface area contributed by atoms with Crippen LogP contribution in [0.5, 0.6) is 5.75 Å². The minimum Gasteiger partial charge on any atom is -0.491 e. The molecule has 1 aromatic carbocycles. The number of rotatable bonds is 5. The Morgan fingerprint density at radius 3 is 2.61 bits per heavy atom. The highest BCUT2D eigenvalue weighted by Crippen LogP contribution is 2.23. The maximum Gasteiger partial charge on any atom is 0.335 e. The van der Waals surface area contributed by atoms with Crippen molar-refractivity contribution < 1.29 is 19.4 Å². The molecule has 2 rings (SSSR count). The number of carbonyl (C=O) groups is 2. The van der Waals surface area contributed by atoms with Gasteiger partial charge in [0, 0.05) is 13.0 Å². The van der Waals surface area contributed by atoms with E-state index in [0.717, 1.165) is 24.9 Å². The van der Waals surface area contributed by atoms with Crippen LogP contribution < -0.4 is 4.74 Å². The van der Waals surface area contributed by atoms with Crippen molar-refractivity contribution in [3.63, 3.8) is 0 Å². The molecule has 1 unspecified atom stereocenters. The van der Waals surface area contributed by atoms with Crippen LogP contribution in [0.2, 0.25) is 0 Å². The van der Waals surface area contributed by atoms with E-state index >= 15 is 0 Å². The van der Waals surface area contributed by atoms with Gasteiger partial charge in [-0.3, -0.25) is 4.79 Å². The summed E-state index contributed by atoms with van der Waals surface area (Å²) in [5.74, 6) is -0.102. The molecule has 1 atom stereocenters. The van der Waals surface area contributed by atoms with Crippen molar-refractivity contribution in [3.8, 4) is 5.75 Å². The van der Waals surface area contributed by atoms with Crippen molar-refractivity contribution in [1.82, 2.24) is 4.90 Å². The number of benzene rings is 1. The van der Waals surface area contributed by atoms with Crippen LogP contribution in [-0.2, 0) is 4.79 Å². The molecule has 0 aliphatic carbocycles. The zero-order valence-corrected chi connectivity index (χ0v) is 14.5. The summed E-state index contributed by atoms with van der Waals surface area (Å²) in [6.45, 7) is 8.95. The largest absolute Gasteiger partial charge is 0.491 e. The summed E-state index contributed by atoms with van der Waals surface area (Å²) in [5, 5.41) is 8.94. The Kier molecular flexibility index (Phi) is 7.59. The molecule has 128 valence electrons. The van der Waals surface area contributed by atoms with E-state index in [9.17, 15) is 9.59 Å². The molecule has 0 bridgehead atoms. The van der Waals surface area contributed by atoms with Gasteiger partial charge in [-0.05, 0) is 43.5 Å². The SMILES string of the molecule is CC.CCC(=O)N1CCCC1COc1ccc(C(=O)O)cc1C. The van der Waals surface area contributed by atoms with Gasteiger partial charge in [0.1, 0.15) is 12.4 Å². The van der Waals surface area contributed by atoms with Crippen LogP contribution in [0.3, 0.4) is 0 Å². The number of hydrogen-bond acceptors (Lipinski definition) is 3. The molecule has 1 fully saturated rings. The number of carbonyl (C=O) groups excluding carboxylic acids is 1. The van der Waals surface area contributed by atoms with Gasteiger partial charge in [-0.2, -0.15) is 0 Å². The number of carboxylic acid groups (broad SMARTS) is 1. The quantitative estimate of drug-likeness (QED) is 0.901. The van der Waals surface area contributed by atoms with Gasteiger partial charge >= 0.3 is 5.97 Å². The zero-order valence-electron chi connectivity index (χ0n) is 14.5. The van der Waals surface area contributed by atoms with Crippen LogP contribution in [-0.4, -0.2) is 41.1 Å². The third-order valence-electron chi connectivity index (χ3n) is 3.85. The minimum atomic E-state index is -0.944. The number of nitrogens with zero attached hydrogens (tertiary/aromatic N) is 1. The lowest BCUT2D eigenvalue weighted by atomic mass is 10.1. The molecular weight excluding hydrogens is 294 g/mol. The predicted octanol–water partition coefficient (Wildman–Crippen LogP) is 3.50. The number of aryl methyl sites for hydroxylation is 1. The minimum absolute atomic E-state index is 0.121. The molecule has 1 heterocycles. The van der Waals surface area contributed by atoms with Crippen LogP contribution in [0.25, 0.3) is 0 Å². The van der Waals surface area contributed by atoms with Crippen LogP contribution >= 0.6 is 0 Å². The number of ether oxygens (including phenoxy) is 1. The first-order valence-electron chi connectivity index (χ1n) is 8.29. The first-order valence-corrected chi connectivity index (χ1v) is 8.29. The van der Waals surface area contributed by atoms with Crippen molar-refractivity contribution >= 4 is 11.9 Å². The van der Waals surface area contributed by atoms with Crippen molar-refractivity contribution in [2.75, 3.05) is 13.2 Å². The number of carboxylic acids is 1. The third-order valence-corrected chi connectivity index (χ3v) is 3.85. The van der Waals surface area contributed by atoms with Gasteiger partial charge in [0.25, 0.3) is 0 Å². The lowest BCUT2D eigenvalue weighted by molar-refractivity contribution is -0.132. The van der Waals surface area contributed by atoms with Gasteiger partial charge in [-0.15, -0.1) is 0 Å². The molecule has 23 heavy (non-hydrogen) atoms. The van der Waals surface area contributed by atoms with Gasteiger partial charge < -0.3 is 14.7 Å². The fourth-order valence-electron chi connectivity index (χ4n) is 2.67. The van der Waals surface area contributed by atoms with Crippen molar-refractivity contribution in [2.24, 2.45) is 0 Å². The smallest absolute Gasteiger partial charge is 0.335 e. The van der Waals surface area contributed by atoms with Gasteiger partial charge in [-0.1, -0.05) is 20.8 Å². The van der Waals surface area contributed by atoms with E-state index in [0.29, 0.717) is 18.8 Å². The van der Waals surface area contributed by atoms with Crippen molar-refractivity contribution in [3.05, 3.63) is 29.3 Å².